The quantitative estimate of drug-likeness (QED) is 0.0551. The molecule has 0 rings (SSSR count). The van der Waals surface area contributed by atoms with Gasteiger partial charge in [0.25, 0.3) is 0 Å². The first-order chi connectivity index (χ1) is 21.4. The molecule has 0 aliphatic heterocycles. The maximum absolute atomic E-state index is 9.14. The fourth-order valence-corrected chi connectivity index (χ4v) is 6.37. The summed E-state index contributed by atoms with van der Waals surface area (Å²) in [5, 5.41) is 36.6. The van der Waals surface area contributed by atoms with Crippen molar-refractivity contribution in [1.82, 2.24) is 0 Å². The minimum absolute atomic E-state index is 0. The summed E-state index contributed by atoms with van der Waals surface area (Å²) in [6.07, 6.45) is 34.1. The van der Waals surface area contributed by atoms with Gasteiger partial charge in [-0.1, -0.05) is 143 Å². The molecule has 0 aromatic heterocycles. The molecular weight excluding hydrogens is 710 g/mol. The molecule has 0 saturated carbocycles. The van der Waals surface area contributed by atoms with Gasteiger partial charge in [0.2, 0.25) is 0 Å². The third-order valence-electron chi connectivity index (χ3n) is 6.15. The van der Waals surface area contributed by atoms with Gasteiger partial charge in [0, 0.05) is 0 Å². The van der Waals surface area contributed by atoms with Crippen LogP contribution in [0.5, 0.6) is 0 Å². The summed E-state index contributed by atoms with van der Waals surface area (Å²) in [5.41, 5.74) is 0. The summed E-state index contributed by atoms with van der Waals surface area (Å²) in [7, 11) is 0.366. The van der Waals surface area contributed by atoms with Gasteiger partial charge in [-0.25, -0.2) is 0 Å². The first-order valence-electron chi connectivity index (χ1n) is 16.5. The zero-order chi connectivity index (χ0) is 35.6. The zero-order valence-corrected chi connectivity index (χ0v) is 32.9. The van der Waals surface area contributed by atoms with Crippen molar-refractivity contribution in [2.24, 2.45) is 0 Å². The van der Waals surface area contributed by atoms with Crippen molar-refractivity contribution in [3.63, 3.8) is 0 Å². The van der Waals surface area contributed by atoms with Gasteiger partial charge in [-0.3, -0.25) is 0 Å². The Bertz CT molecular complexity index is 619. The maximum atomic E-state index is 9.14. The van der Waals surface area contributed by atoms with Crippen molar-refractivity contribution >= 4 is 55.7 Å². The number of carbonyl (C=O) groups excluding carboxylic acids is 4. The van der Waals surface area contributed by atoms with Crippen molar-refractivity contribution < 1.29 is 39.6 Å². The van der Waals surface area contributed by atoms with E-state index in [9.17, 15) is 0 Å². The van der Waals surface area contributed by atoms with Crippen LogP contribution in [0, 0.1) is 0 Å². The summed E-state index contributed by atoms with van der Waals surface area (Å²) in [6.45, 7) is 18.6. The molecule has 0 fully saturated rings. The van der Waals surface area contributed by atoms with E-state index in [4.69, 9.17) is 39.6 Å². The molecule has 0 amide bonds. The Morgan fingerprint density at radius 1 is 0.413 bits per heavy atom. The SMILES string of the molecule is C=CC(=O)[O-].C=CC(=O)[O-].C=CC(=O)[O-].C=CC(=O)[O-].CCCCCCCCP(CCCCCCCC)CCCCCCCC.[Sn+4]. The Kier molecular flexibility index (Phi) is 64.5. The van der Waals surface area contributed by atoms with Crippen LogP contribution < -0.4 is 20.4 Å². The predicted octanol–water partition coefficient (Wildman–Crippen LogP) is 4.86. The summed E-state index contributed by atoms with van der Waals surface area (Å²) >= 11 is 0. The molecule has 0 aromatic carbocycles. The van der Waals surface area contributed by atoms with Gasteiger partial charge in [0.05, 0.1) is 23.9 Å². The number of rotatable bonds is 25. The minimum Gasteiger partial charge on any atom is -0.545 e. The molecule has 8 nitrogen and oxygen atoms in total. The summed E-state index contributed by atoms with van der Waals surface area (Å²) in [5.74, 6) is -4.93. The van der Waals surface area contributed by atoms with Gasteiger partial charge in [0.1, 0.15) is 0 Å². The fourth-order valence-electron chi connectivity index (χ4n) is 3.68. The Hall–Kier alpha value is -1.93. The van der Waals surface area contributed by atoms with E-state index < -0.39 is 23.9 Å². The van der Waals surface area contributed by atoms with E-state index in [0.29, 0.717) is 7.92 Å². The molecular formula is C36H63O8PSn. The van der Waals surface area contributed by atoms with Crippen LogP contribution in [0.4, 0.5) is 0 Å². The van der Waals surface area contributed by atoms with Crippen LogP contribution in [-0.2, 0) is 19.2 Å². The van der Waals surface area contributed by atoms with Crippen LogP contribution in [0.25, 0.3) is 0 Å². The van der Waals surface area contributed by atoms with Crippen molar-refractivity contribution in [2.75, 3.05) is 18.5 Å². The average molecular weight is 774 g/mol. The van der Waals surface area contributed by atoms with Crippen LogP contribution in [-0.4, -0.2) is 66.3 Å². The smallest absolute Gasteiger partial charge is 0.545 e. The molecule has 0 heterocycles. The first kappa shape index (κ1) is 56.4. The molecule has 0 unspecified atom stereocenters. The second-order valence-corrected chi connectivity index (χ2v) is 12.9. The summed E-state index contributed by atoms with van der Waals surface area (Å²) in [4.78, 5) is 36.6. The van der Waals surface area contributed by atoms with Crippen LogP contribution in [0.2, 0.25) is 0 Å². The van der Waals surface area contributed by atoms with Crippen molar-refractivity contribution in [2.45, 2.75) is 136 Å². The fraction of sp³-hybridized carbons (Fsp3) is 0.667. The van der Waals surface area contributed by atoms with Crippen molar-refractivity contribution in [3.05, 3.63) is 50.6 Å². The molecule has 0 radical (unpaired) electrons. The number of aliphatic carboxylic acids is 4. The van der Waals surface area contributed by atoms with E-state index in [0.717, 1.165) is 24.3 Å². The van der Waals surface area contributed by atoms with Gasteiger partial charge in [-0.15, -0.1) is 7.92 Å². The number of unbranched alkanes of at least 4 members (excludes halogenated alkanes) is 15. The second kappa shape index (κ2) is 52.6. The third-order valence-corrected chi connectivity index (χ3v) is 9.00. The predicted molar refractivity (Wildman–Crippen MR) is 188 cm³/mol. The molecule has 0 spiro atoms. The van der Waals surface area contributed by atoms with E-state index in [1.165, 1.54) is 116 Å². The second-order valence-electron chi connectivity index (χ2n) is 10.2. The van der Waals surface area contributed by atoms with E-state index in [2.05, 4.69) is 47.1 Å². The normalized spacial score (nSPS) is 9.04. The molecule has 10 heteroatoms. The van der Waals surface area contributed by atoms with Crippen LogP contribution in [0.15, 0.2) is 50.6 Å². The standard InChI is InChI=1S/C24H51P.4C3H4O2.Sn/c1-4-7-10-13-16-19-22-25(23-20-17-14-11-8-5-2)24-21-18-15-12-9-6-3;4*1-2-3(4)5;/h4-24H2,1-3H3;4*2H,1H2,(H,4,5);/q;;;;;+4/p-4. The molecule has 0 aromatic rings. The summed E-state index contributed by atoms with van der Waals surface area (Å²) < 4.78 is 0. The molecule has 0 N–H and O–H groups in total. The molecule has 264 valence electrons. The van der Waals surface area contributed by atoms with Gasteiger partial charge in [-0.05, 0) is 62.1 Å². The largest absolute Gasteiger partial charge is 4.00 e. The molecule has 0 aliphatic carbocycles. The molecule has 0 bridgehead atoms. The average Bonchev–Trinajstić information content (AvgIpc) is 3.02. The van der Waals surface area contributed by atoms with E-state index in [-0.39, 0.29) is 23.9 Å². The number of carboxylic acids is 4. The Morgan fingerprint density at radius 2 is 0.565 bits per heavy atom. The Balaban J connectivity index is -0.000000153. The number of carboxylic acid groups (broad SMARTS) is 4. The van der Waals surface area contributed by atoms with Crippen molar-refractivity contribution in [1.29, 1.82) is 0 Å². The van der Waals surface area contributed by atoms with E-state index in [1.54, 1.807) is 18.5 Å². The van der Waals surface area contributed by atoms with Gasteiger partial charge in [-0.2, -0.15) is 0 Å². The Labute approximate surface area is 299 Å². The minimum atomic E-state index is -1.23. The van der Waals surface area contributed by atoms with Crippen LogP contribution in [0.3, 0.4) is 0 Å². The number of hydrogen-bond acceptors (Lipinski definition) is 8. The molecule has 0 atom stereocenters. The molecule has 46 heavy (non-hydrogen) atoms. The monoisotopic (exact) mass is 774 g/mol. The third kappa shape index (κ3) is 78.5. The number of carbonyl (C=O) groups is 4. The van der Waals surface area contributed by atoms with E-state index >= 15 is 0 Å². The van der Waals surface area contributed by atoms with Crippen LogP contribution >= 0.6 is 7.92 Å². The van der Waals surface area contributed by atoms with Crippen molar-refractivity contribution in [3.8, 4) is 0 Å². The number of hydrogen-bond donors (Lipinski definition) is 0. The van der Waals surface area contributed by atoms with E-state index in [1.807, 2.05) is 0 Å². The van der Waals surface area contributed by atoms with Gasteiger partial charge < -0.3 is 39.6 Å². The van der Waals surface area contributed by atoms with Crippen LogP contribution in [0.1, 0.15) is 136 Å². The zero-order valence-electron chi connectivity index (χ0n) is 29.2. The van der Waals surface area contributed by atoms with Gasteiger partial charge in [0.15, 0.2) is 0 Å². The maximum Gasteiger partial charge on any atom is 4.00 e. The topological polar surface area (TPSA) is 161 Å². The van der Waals surface area contributed by atoms with Gasteiger partial charge >= 0.3 is 23.9 Å². The Morgan fingerprint density at radius 3 is 0.717 bits per heavy atom. The molecule has 0 aliphatic rings. The summed E-state index contributed by atoms with van der Waals surface area (Å²) in [6, 6.07) is 0. The first-order valence-corrected chi connectivity index (χ1v) is 18.4. The molecule has 0 saturated heterocycles.